The van der Waals surface area contributed by atoms with Crippen molar-refractivity contribution in [2.75, 3.05) is 4.90 Å². The highest BCUT2D eigenvalue weighted by atomic mass is 28.3. The number of alkyl halides is 1. The predicted molar refractivity (Wildman–Crippen MR) is 264 cm³/mol. The van der Waals surface area contributed by atoms with E-state index in [1.54, 1.807) is 0 Å². The van der Waals surface area contributed by atoms with Crippen LogP contribution in [0.15, 0.2) is 225 Å². The van der Waals surface area contributed by atoms with Gasteiger partial charge in [0.25, 0.3) is 0 Å². The zero-order valence-electron chi connectivity index (χ0n) is 34.6. The Morgan fingerprint density at radius 2 is 1.16 bits per heavy atom. The Balaban J connectivity index is 1.25. The van der Waals surface area contributed by atoms with Crippen LogP contribution in [0.2, 0.25) is 0 Å². The summed E-state index contributed by atoms with van der Waals surface area (Å²) in [5, 5.41) is 10.1. The molecule has 0 amide bonds. The van der Waals surface area contributed by atoms with Gasteiger partial charge in [-0.2, -0.15) is 0 Å². The summed E-state index contributed by atoms with van der Waals surface area (Å²) in [6.45, 7) is 0. The summed E-state index contributed by atoms with van der Waals surface area (Å²) < 4.78 is 23.6. The number of imidazole rings is 1. The second-order valence-electron chi connectivity index (χ2n) is 16.6. The lowest BCUT2D eigenvalue weighted by atomic mass is 9.95. The first-order valence-corrected chi connectivity index (χ1v) is 23.7. The first-order chi connectivity index (χ1) is 31.7. The number of para-hydroxylation sites is 4. The number of fused-ring (bicyclic) bond motifs is 12. The summed E-state index contributed by atoms with van der Waals surface area (Å²) in [5.74, 6) is 0.775. The molecular formula is C57H38FN5Si. The highest BCUT2D eigenvalue weighted by Gasteiger charge is 2.51. The van der Waals surface area contributed by atoms with Crippen molar-refractivity contribution in [3.63, 3.8) is 0 Å². The van der Waals surface area contributed by atoms with Crippen LogP contribution in [0.25, 0.3) is 54.9 Å². The van der Waals surface area contributed by atoms with Gasteiger partial charge < -0.3 is 4.90 Å². The smallest absolute Gasteiger partial charge is 0.184 e. The Labute approximate surface area is 369 Å². The summed E-state index contributed by atoms with van der Waals surface area (Å²) in [5.41, 5.74) is 7.82. The van der Waals surface area contributed by atoms with Crippen LogP contribution in [-0.2, 0) is 0 Å². The van der Waals surface area contributed by atoms with Gasteiger partial charge in [0, 0.05) is 57.1 Å². The van der Waals surface area contributed by atoms with Gasteiger partial charge in [-0.25, -0.2) is 14.4 Å². The van der Waals surface area contributed by atoms with E-state index >= 15 is 4.39 Å². The summed E-state index contributed by atoms with van der Waals surface area (Å²) in [6.07, 6.45) is 4.11. The molecule has 12 aromatic rings. The highest BCUT2D eigenvalue weighted by Crippen LogP contribution is 2.48. The van der Waals surface area contributed by atoms with Crippen molar-refractivity contribution in [3.05, 3.63) is 236 Å². The standard InChI is InChI=1S/C57H38FN5Si/c58-54(38-31-32-42-43-24-10-12-26-47(43)61-35-34-60-57(61)45(42)36-38)46-37-50-53(44-25-11-13-27-48(44)63(50)52-30-16-17-33-59-52)56-55(46)62(39-18-4-1-5-19-39)49-28-14-15-29-51(49)64(56,40-20-6-2-7-21-40)41-22-8-3-9-23-41/h1-37,54H. The van der Waals surface area contributed by atoms with Crippen LogP contribution in [0.1, 0.15) is 17.3 Å². The van der Waals surface area contributed by atoms with Crippen LogP contribution >= 0.6 is 0 Å². The molecule has 1 unspecified atom stereocenters. The first kappa shape index (κ1) is 36.5. The molecule has 0 fully saturated rings. The molecule has 5 nitrogen and oxygen atoms in total. The third kappa shape index (κ3) is 5.10. The predicted octanol–water partition coefficient (Wildman–Crippen LogP) is 11.4. The Kier molecular flexibility index (Phi) is 8.10. The molecular weight excluding hydrogens is 802 g/mol. The fraction of sp³-hybridized carbons (Fsp3) is 0.0175. The molecule has 0 bridgehead atoms. The van der Waals surface area contributed by atoms with Crippen molar-refractivity contribution in [1.29, 1.82) is 0 Å². The minimum Gasteiger partial charge on any atom is -0.310 e. The maximum Gasteiger partial charge on any atom is 0.184 e. The van der Waals surface area contributed by atoms with Gasteiger partial charge in [0.2, 0.25) is 0 Å². The number of benzene rings is 8. The van der Waals surface area contributed by atoms with E-state index in [0.29, 0.717) is 11.1 Å². The molecule has 4 aromatic heterocycles. The minimum atomic E-state index is -3.36. The zero-order chi connectivity index (χ0) is 42.4. The van der Waals surface area contributed by atoms with Gasteiger partial charge in [0.1, 0.15) is 11.5 Å². The Morgan fingerprint density at radius 3 is 1.91 bits per heavy atom. The molecule has 1 aliphatic heterocycles. The van der Waals surface area contributed by atoms with E-state index in [0.717, 1.165) is 77.2 Å². The second-order valence-corrected chi connectivity index (χ2v) is 20.3. The summed E-state index contributed by atoms with van der Waals surface area (Å²) in [7, 11) is -3.36. The highest BCUT2D eigenvalue weighted by molar-refractivity contribution is 7.22. The van der Waals surface area contributed by atoms with Crippen LogP contribution in [0.4, 0.5) is 21.5 Å². The second kappa shape index (κ2) is 14.2. The molecule has 0 radical (unpaired) electrons. The van der Waals surface area contributed by atoms with E-state index in [1.165, 1.54) is 15.6 Å². The molecule has 5 heterocycles. The molecule has 13 rings (SSSR count). The van der Waals surface area contributed by atoms with E-state index in [-0.39, 0.29) is 0 Å². The van der Waals surface area contributed by atoms with Gasteiger partial charge in [-0.1, -0.05) is 152 Å². The molecule has 0 spiro atoms. The fourth-order valence-corrected chi connectivity index (χ4v) is 16.2. The number of rotatable bonds is 6. The molecule has 302 valence electrons. The SMILES string of the molecule is FC(c1ccc2c3ccccc3n3ccnc3c2c1)c1cc2c(c3c1N(c1ccccc1)c1ccccc1[Si]3(c1ccccc1)c1ccccc1)c1ccccc1n2-c1ccccn1. The lowest BCUT2D eigenvalue weighted by Crippen LogP contribution is -2.77. The van der Waals surface area contributed by atoms with Crippen molar-refractivity contribution in [2.45, 2.75) is 6.17 Å². The fourth-order valence-electron chi connectivity index (χ4n) is 10.8. The van der Waals surface area contributed by atoms with E-state index in [2.05, 4.69) is 178 Å². The Morgan fingerprint density at radius 1 is 0.500 bits per heavy atom. The van der Waals surface area contributed by atoms with E-state index in [9.17, 15) is 0 Å². The van der Waals surface area contributed by atoms with Crippen molar-refractivity contribution < 1.29 is 4.39 Å². The number of hydrogen-bond acceptors (Lipinski definition) is 3. The van der Waals surface area contributed by atoms with Crippen LogP contribution in [0.3, 0.4) is 0 Å². The lowest BCUT2D eigenvalue weighted by Gasteiger charge is -2.46. The van der Waals surface area contributed by atoms with Crippen molar-refractivity contribution in [2.24, 2.45) is 0 Å². The van der Waals surface area contributed by atoms with Gasteiger partial charge in [-0.05, 0) is 86.3 Å². The van der Waals surface area contributed by atoms with Gasteiger partial charge in [0.05, 0.1) is 22.2 Å². The van der Waals surface area contributed by atoms with Gasteiger partial charge in [-0.3, -0.25) is 8.97 Å². The third-order valence-electron chi connectivity index (χ3n) is 13.4. The monoisotopic (exact) mass is 839 g/mol. The van der Waals surface area contributed by atoms with Crippen LogP contribution in [-0.4, -0.2) is 27.0 Å². The summed E-state index contributed by atoms with van der Waals surface area (Å²) in [4.78, 5) is 12.1. The Bertz CT molecular complexity index is 3720. The number of hydrogen-bond donors (Lipinski definition) is 0. The first-order valence-electron chi connectivity index (χ1n) is 21.7. The van der Waals surface area contributed by atoms with Crippen LogP contribution < -0.4 is 25.6 Å². The molecule has 0 aliphatic carbocycles. The van der Waals surface area contributed by atoms with E-state index < -0.39 is 14.2 Å². The van der Waals surface area contributed by atoms with E-state index in [1.807, 2.05) is 61.1 Å². The molecule has 1 aliphatic rings. The molecule has 64 heavy (non-hydrogen) atoms. The number of nitrogens with zero attached hydrogens (tertiary/aromatic N) is 5. The molecule has 0 saturated heterocycles. The Hall–Kier alpha value is -8.13. The quantitative estimate of drug-likeness (QED) is 0.124. The topological polar surface area (TPSA) is 38.4 Å². The number of anilines is 3. The molecule has 1 atom stereocenters. The average Bonchev–Trinajstić information content (AvgIpc) is 4.00. The largest absolute Gasteiger partial charge is 0.310 e. The zero-order valence-corrected chi connectivity index (χ0v) is 35.6. The van der Waals surface area contributed by atoms with Gasteiger partial charge in [0.15, 0.2) is 14.2 Å². The van der Waals surface area contributed by atoms with Gasteiger partial charge in [-0.15, -0.1) is 0 Å². The van der Waals surface area contributed by atoms with Crippen LogP contribution in [0.5, 0.6) is 0 Å². The summed E-state index contributed by atoms with van der Waals surface area (Å²) >= 11 is 0. The van der Waals surface area contributed by atoms with Gasteiger partial charge >= 0.3 is 0 Å². The molecule has 0 N–H and O–H groups in total. The van der Waals surface area contributed by atoms with Crippen molar-refractivity contribution in [1.82, 2.24) is 18.9 Å². The number of aromatic nitrogens is 4. The molecule has 0 saturated carbocycles. The minimum absolute atomic E-state index is 0.563. The van der Waals surface area contributed by atoms with Crippen molar-refractivity contribution in [3.8, 4) is 5.82 Å². The number of halogens is 1. The number of pyridine rings is 2. The van der Waals surface area contributed by atoms with Crippen LogP contribution in [0, 0.1) is 0 Å². The molecule has 8 aromatic carbocycles. The van der Waals surface area contributed by atoms with Crippen molar-refractivity contribution >= 4 is 95.0 Å². The maximum absolute atomic E-state index is 19.2. The van der Waals surface area contributed by atoms with E-state index in [4.69, 9.17) is 9.97 Å². The maximum atomic E-state index is 19.2. The summed E-state index contributed by atoms with van der Waals surface area (Å²) in [6, 6.07) is 72.6. The molecule has 7 heteroatoms. The normalized spacial score (nSPS) is 13.7. The average molecular weight is 840 g/mol. The third-order valence-corrected chi connectivity index (χ3v) is 18.2. The lowest BCUT2D eigenvalue weighted by molar-refractivity contribution is 0.403.